The first-order valence-electron chi connectivity index (χ1n) is 12.5. The molecule has 1 aromatic rings. The van der Waals surface area contributed by atoms with Crippen LogP contribution in [0.5, 0.6) is 0 Å². The molecule has 4 N–H and O–H groups in total. The van der Waals surface area contributed by atoms with E-state index in [1.54, 1.807) is 33.3 Å². The van der Waals surface area contributed by atoms with Crippen molar-refractivity contribution in [1.29, 1.82) is 0 Å². The van der Waals surface area contributed by atoms with Crippen LogP contribution in [0, 0.1) is 11.8 Å². The molecule has 0 saturated heterocycles. The van der Waals surface area contributed by atoms with Gasteiger partial charge >= 0.3 is 6.09 Å². The summed E-state index contributed by atoms with van der Waals surface area (Å²) in [4.78, 5) is 32.8. The van der Waals surface area contributed by atoms with Gasteiger partial charge in [0.25, 0.3) is 0 Å². The number of hydrogen-bond donors (Lipinski definition) is 4. The molecular weight excluding hydrogens is 420 g/mol. The van der Waals surface area contributed by atoms with Crippen molar-refractivity contribution in [2.24, 2.45) is 11.8 Å². The summed E-state index contributed by atoms with van der Waals surface area (Å²) in [6, 6.07) is -1.20. The maximum Gasteiger partial charge on any atom is 0.408 e. The summed E-state index contributed by atoms with van der Waals surface area (Å²) in [6.45, 7) is 9.60. The number of aliphatic hydroxyl groups is 1. The normalized spacial score (nSPS) is 17.9. The number of imidazole rings is 1. The topological polar surface area (TPSA) is 116 Å². The van der Waals surface area contributed by atoms with E-state index in [2.05, 4.69) is 34.4 Å². The summed E-state index contributed by atoms with van der Waals surface area (Å²) < 4.78 is 5.37. The number of ether oxygens (including phenoxy) is 1. The molecule has 1 saturated carbocycles. The van der Waals surface area contributed by atoms with Crippen LogP contribution in [-0.4, -0.2) is 50.9 Å². The zero-order valence-corrected chi connectivity index (χ0v) is 21.0. The largest absolute Gasteiger partial charge is 0.444 e. The lowest BCUT2D eigenvalue weighted by molar-refractivity contribution is -0.125. The molecule has 1 aromatic heterocycles. The van der Waals surface area contributed by atoms with Gasteiger partial charge in [-0.15, -0.1) is 0 Å². The fourth-order valence-electron chi connectivity index (χ4n) is 4.35. The Hall–Kier alpha value is -2.09. The van der Waals surface area contributed by atoms with Gasteiger partial charge in [0.15, 0.2) is 0 Å². The maximum absolute atomic E-state index is 13.3. The van der Waals surface area contributed by atoms with Gasteiger partial charge < -0.3 is 25.5 Å². The van der Waals surface area contributed by atoms with Crippen LogP contribution in [0.15, 0.2) is 12.5 Å². The van der Waals surface area contributed by atoms with Gasteiger partial charge in [0.2, 0.25) is 5.91 Å². The molecule has 33 heavy (non-hydrogen) atoms. The lowest BCUT2D eigenvalue weighted by Crippen LogP contribution is -2.54. The van der Waals surface area contributed by atoms with Crippen LogP contribution in [0.4, 0.5) is 4.79 Å². The van der Waals surface area contributed by atoms with Crippen molar-refractivity contribution in [2.75, 3.05) is 0 Å². The molecule has 1 fully saturated rings. The number of H-pyrrole nitrogens is 1. The van der Waals surface area contributed by atoms with E-state index in [1.165, 1.54) is 19.3 Å². The van der Waals surface area contributed by atoms with Gasteiger partial charge in [-0.05, 0) is 51.9 Å². The molecule has 1 heterocycles. The fourth-order valence-corrected chi connectivity index (χ4v) is 4.35. The molecule has 0 unspecified atom stereocenters. The zero-order chi connectivity index (χ0) is 24.4. The van der Waals surface area contributed by atoms with Crippen LogP contribution < -0.4 is 10.6 Å². The Bertz CT molecular complexity index is 708. The molecule has 0 aromatic carbocycles. The van der Waals surface area contributed by atoms with Gasteiger partial charge in [-0.2, -0.15) is 0 Å². The van der Waals surface area contributed by atoms with Crippen molar-refractivity contribution < 1.29 is 19.4 Å². The third-order valence-corrected chi connectivity index (χ3v) is 6.12. The summed E-state index contributed by atoms with van der Waals surface area (Å²) in [7, 11) is 0. The second-order valence-electron chi connectivity index (χ2n) is 10.9. The zero-order valence-electron chi connectivity index (χ0n) is 21.0. The highest BCUT2D eigenvalue weighted by molar-refractivity contribution is 5.86. The van der Waals surface area contributed by atoms with Crippen LogP contribution >= 0.6 is 0 Å². The van der Waals surface area contributed by atoms with Crippen LogP contribution in [-0.2, 0) is 16.0 Å². The predicted molar refractivity (Wildman–Crippen MR) is 129 cm³/mol. The highest BCUT2D eigenvalue weighted by Crippen LogP contribution is 2.29. The Kier molecular flexibility index (Phi) is 10.7. The minimum atomic E-state index is -0.852. The molecule has 0 aliphatic heterocycles. The number of nitrogens with one attached hydrogen (secondary N) is 3. The number of aliphatic hydroxyl groups excluding tert-OH is 1. The number of hydrogen-bond acceptors (Lipinski definition) is 5. The Morgan fingerprint density at radius 3 is 2.45 bits per heavy atom. The molecule has 0 bridgehead atoms. The van der Waals surface area contributed by atoms with Gasteiger partial charge in [-0.3, -0.25) is 4.79 Å². The molecule has 188 valence electrons. The van der Waals surface area contributed by atoms with Crippen molar-refractivity contribution in [1.82, 2.24) is 20.6 Å². The van der Waals surface area contributed by atoms with Crippen molar-refractivity contribution in [3.63, 3.8) is 0 Å². The van der Waals surface area contributed by atoms with Crippen molar-refractivity contribution in [3.05, 3.63) is 18.2 Å². The van der Waals surface area contributed by atoms with E-state index in [1.807, 2.05) is 0 Å². The summed E-state index contributed by atoms with van der Waals surface area (Å²) in [6.07, 6.45) is 10.4. The van der Waals surface area contributed by atoms with Crippen LogP contribution in [0.2, 0.25) is 0 Å². The molecule has 1 aliphatic rings. The third-order valence-electron chi connectivity index (χ3n) is 6.12. The molecule has 3 atom stereocenters. The quantitative estimate of drug-likeness (QED) is 0.393. The van der Waals surface area contributed by atoms with Gasteiger partial charge in [-0.25, -0.2) is 9.78 Å². The van der Waals surface area contributed by atoms with Crippen molar-refractivity contribution in [3.8, 4) is 0 Å². The summed E-state index contributed by atoms with van der Waals surface area (Å²) in [5.74, 6) is 0.654. The minimum Gasteiger partial charge on any atom is -0.444 e. The van der Waals surface area contributed by atoms with Crippen molar-refractivity contribution in [2.45, 2.75) is 116 Å². The van der Waals surface area contributed by atoms with E-state index in [-0.39, 0.29) is 18.4 Å². The lowest BCUT2D eigenvalue weighted by Gasteiger charge is -2.32. The number of aromatic amines is 1. The molecule has 8 heteroatoms. The monoisotopic (exact) mass is 464 g/mol. The third kappa shape index (κ3) is 10.6. The molecule has 0 spiro atoms. The van der Waals surface area contributed by atoms with Gasteiger partial charge in [-0.1, -0.05) is 46.0 Å². The Morgan fingerprint density at radius 2 is 1.88 bits per heavy atom. The molecule has 0 radical (unpaired) electrons. The number of carbonyl (C=O) groups is 2. The Morgan fingerprint density at radius 1 is 1.18 bits per heavy atom. The Balaban J connectivity index is 2.11. The highest BCUT2D eigenvalue weighted by Gasteiger charge is 2.31. The summed E-state index contributed by atoms with van der Waals surface area (Å²) in [5, 5.41) is 16.7. The second kappa shape index (κ2) is 13.0. The average Bonchev–Trinajstić information content (AvgIpc) is 3.23. The van der Waals surface area contributed by atoms with E-state index < -0.39 is 23.8 Å². The lowest BCUT2D eigenvalue weighted by atomic mass is 9.83. The van der Waals surface area contributed by atoms with Gasteiger partial charge in [0, 0.05) is 12.6 Å². The van der Waals surface area contributed by atoms with Crippen LogP contribution in [0.25, 0.3) is 0 Å². The van der Waals surface area contributed by atoms with Crippen molar-refractivity contribution >= 4 is 12.0 Å². The van der Waals surface area contributed by atoms with Crippen LogP contribution in [0.1, 0.15) is 91.7 Å². The SMILES string of the molecule is CC(C)CC[C@H](O)[C@H](CC1CCCCC1)NC(=O)[C@H](Cc1c[nH]cn1)NC(=O)OC(C)(C)C. The molecular formula is C25H44N4O4. The maximum atomic E-state index is 13.3. The number of aromatic nitrogens is 2. The van der Waals surface area contributed by atoms with E-state index in [0.29, 0.717) is 24.0 Å². The predicted octanol–water partition coefficient (Wildman–Crippen LogP) is 4.10. The molecule has 8 nitrogen and oxygen atoms in total. The summed E-state index contributed by atoms with van der Waals surface area (Å²) >= 11 is 0. The van der Waals surface area contributed by atoms with Crippen LogP contribution in [0.3, 0.4) is 0 Å². The van der Waals surface area contributed by atoms with E-state index in [0.717, 1.165) is 25.7 Å². The average molecular weight is 465 g/mol. The van der Waals surface area contributed by atoms with Gasteiger partial charge in [0.1, 0.15) is 11.6 Å². The highest BCUT2D eigenvalue weighted by atomic mass is 16.6. The number of alkyl carbamates (subject to hydrolysis) is 1. The molecule has 1 aliphatic carbocycles. The Labute approximate surface area is 198 Å². The number of carbonyl (C=O) groups excluding carboxylic acids is 2. The number of rotatable bonds is 11. The number of amides is 2. The van der Waals surface area contributed by atoms with E-state index in [4.69, 9.17) is 4.74 Å². The van der Waals surface area contributed by atoms with Gasteiger partial charge in [0.05, 0.1) is 24.2 Å². The fraction of sp³-hybridized carbons (Fsp3) is 0.800. The smallest absolute Gasteiger partial charge is 0.408 e. The first-order valence-corrected chi connectivity index (χ1v) is 12.5. The first-order chi connectivity index (χ1) is 15.5. The second-order valence-corrected chi connectivity index (χ2v) is 10.9. The van der Waals surface area contributed by atoms with E-state index >= 15 is 0 Å². The minimum absolute atomic E-state index is 0.229. The standard InChI is InChI=1S/C25H44N4O4/c1-17(2)11-12-22(30)20(13-18-9-7-6-8-10-18)28-23(31)21(14-19-15-26-16-27-19)29-24(32)33-25(3,4)5/h15-18,20-22,30H,6-14H2,1-5H3,(H,26,27)(H,28,31)(H,29,32)/t20-,21-,22-/m0/s1. The molecule has 2 rings (SSSR count). The first kappa shape index (κ1) is 27.2. The van der Waals surface area contributed by atoms with E-state index in [9.17, 15) is 14.7 Å². The molecule has 2 amide bonds. The summed E-state index contributed by atoms with van der Waals surface area (Å²) in [5.41, 5.74) is -0.0102. The number of nitrogens with zero attached hydrogens (tertiary/aromatic N) is 1.